The van der Waals surface area contributed by atoms with Crippen LogP contribution in [0.5, 0.6) is 0 Å². The average molecular weight is 419 g/mol. The average Bonchev–Trinajstić information content (AvgIpc) is 2.68. The van der Waals surface area contributed by atoms with Crippen LogP contribution in [-0.4, -0.2) is 26.5 Å². The number of halogens is 3. The Morgan fingerprint density at radius 3 is 2.53 bits per heavy atom. The third-order valence-corrected chi connectivity index (χ3v) is 4.34. The first-order valence-corrected chi connectivity index (χ1v) is 8.81. The Bertz CT molecular complexity index is 1170. The summed E-state index contributed by atoms with van der Waals surface area (Å²) in [4.78, 5) is 39.2. The van der Waals surface area contributed by atoms with Gasteiger partial charge in [0.1, 0.15) is 0 Å². The van der Waals surface area contributed by atoms with Crippen LogP contribution >= 0.6 is 0 Å². The van der Waals surface area contributed by atoms with E-state index < -0.39 is 29.2 Å². The van der Waals surface area contributed by atoms with Crippen molar-refractivity contribution in [3.8, 4) is 0 Å². The van der Waals surface area contributed by atoms with Crippen molar-refractivity contribution in [3.05, 3.63) is 70.3 Å². The van der Waals surface area contributed by atoms with E-state index in [1.165, 1.54) is 42.7 Å². The molecule has 0 aliphatic carbocycles. The number of amides is 1. The smallest absolute Gasteiger partial charge is 0.416 e. The van der Waals surface area contributed by atoms with Crippen LogP contribution in [0.25, 0.3) is 10.9 Å². The van der Waals surface area contributed by atoms with E-state index in [0.29, 0.717) is 5.52 Å². The first-order valence-electron chi connectivity index (χ1n) is 8.81. The van der Waals surface area contributed by atoms with Gasteiger partial charge < -0.3 is 10.4 Å². The van der Waals surface area contributed by atoms with Crippen LogP contribution in [0.1, 0.15) is 24.0 Å². The summed E-state index contributed by atoms with van der Waals surface area (Å²) in [6, 6.07) is 9.30. The number of anilines is 1. The first kappa shape index (κ1) is 21.0. The number of carbonyl (C=O) groups is 2. The van der Waals surface area contributed by atoms with E-state index in [1.54, 1.807) is 0 Å². The molecule has 0 atom stereocenters. The van der Waals surface area contributed by atoms with Gasteiger partial charge in [-0.2, -0.15) is 13.2 Å². The molecule has 0 unspecified atom stereocenters. The van der Waals surface area contributed by atoms with Crippen molar-refractivity contribution in [2.24, 2.45) is 0 Å². The number of carbonyl (C=O) groups excluding carboxylic acids is 1. The fraction of sp³-hybridized carbons (Fsp3) is 0.200. The Morgan fingerprint density at radius 1 is 1.10 bits per heavy atom. The number of benzene rings is 2. The molecule has 10 heteroatoms. The SMILES string of the molecule is O=C(O)CCC(=O)Nc1ccc2ncn(Cc3ccccc3C(F)(F)F)c(=O)c2c1. The zero-order valence-corrected chi connectivity index (χ0v) is 15.4. The lowest BCUT2D eigenvalue weighted by Gasteiger charge is -2.14. The number of nitrogens with zero attached hydrogens (tertiary/aromatic N) is 2. The number of nitrogens with one attached hydrogen (secondary N) is 1. The molecule has 0 aliphatic heterocycles. The topological polar surface area (TPSA) is 101 Å². The van der Waals surface area contributed by atoms with Gasteiger partial charge in [0, 0.05) is 12.1 Å². The molecule has 0 saturated carbocycles. The van der Waals surface area contributed by atoms with Gasteiger partial charge in [-0.3, -0.25) is 19.0 Å². The maximum atomic E-state index is 13.2. The van der Waals surface area contributed by atoms with Crippen LogP contribution in [0.3, 0.4) is 0 Å². The Hall–Kier alpha value is -3.69. The summed E-state index contributed by atoms with van der Waals surface area (Å²) < 4.78 is 40.7. The van der Waals surface area contributed by atoms with Gasteiger partial charge in [-0.05, 0) is 29.8 Å². The number of carboxylic acid groups (broad SMARTS) is 1. The fourth-order valence-electron chi connectivity index (χ4n) is 2.91. The lowest BCUT2D eigenvalue weighted by molar-refractivity contribution is -0.139. The number of hydrogen-bond acceptors (Lipinski definition) is 4. The molecule has 3 rings (SSSR count). The maximum Gasteiger partial charge on any atom is 0.416 e. The zero-order valence-electron chi connectivity index (χ0n) is 15.4. The molecule has 0 spiro atoms. The van der Waals surface area contributed by atoms with Crippen molar-refractivity contribution in [1.82, 2.24) is 9.55 Å². The normalized spacial score (nSPS) is 11.4. The molecule has 0 saturated heterocycles. The number of alkyl halides is 3. The van der Waals surface area contributed by atoms with Crippen molar-refractivity contribution in [3.63, 3.8) is 0 Å². The molecule has 0 bridgehead atoms. The van der Waals surface area contributed by atoms with E-state index in [-0.39, 0.29) is 36.0 Å². The van der Waals surface area contributed by atoms with Gasteiger partial charge in [0.25, 0.3) is 5.56 Å². The van der Waals surface area contributed by atoms with Gasteiger partial charge in [-0.1, -0.05) is 18.2 Å². The Labute approximate surface area is 167 Å². The van der Waals surface area contributed by atoms with Gasteiger partial charge in [-0.15, -0.1) is 0 Å². The van der Waals surface area contributed by atoms with Crippen LogP contribution in [0.2, 0.25) is 0 Å². The highest BCUT2D eigenvalue weighted by Gasteiger charge is 2.32. The fourth-order valence-corrected chi connectivity index (χ4v) is 2.91. The van der Waals surface area contributed by atoms with Crippen molar-refractivity contribution in [2.75, 3.05) is 5.32 Å². The van der Waals surface area contributed by atoms with E-state index in [1.807, 2.05) is 0 Å². The highest BCUT2D eigenvalue weighted by atomic mass is 19.4. The summed E-state index contributed by atoms with van der Waals surface area (Å²) in [5.74, 6) is -1.66. The molecule has 3 aromatic rings. The quantitative estimate of drug-likeness (QED) is 0.639. The summed E-state index contributed by atoms with van der Waals surface area (Å²) in [5, 5.41) is 11.2. The number of rotatable bonds is 6. The number of fused-ring (bicyclic) bond motifs is 1. The minimum Gasteiger partial charge on any atom is -0.481 e. The zero-order chi connectivity index (χ0) is 21.9. The van der Waals surface area contributed by atoms with Crippen molar-refractivity contribution < 1.29 is 27.9 Å². The minimum absolute atomic E-state index is 0.0774. The lowest BCUT2D eigenvalue weighted by atomic mass is 10.1. The molecule has 1 aromatic heterocycles. The van der Waals surface area contributed by atoms with Crippen molar-refractivity contribution in [1.29, 1.82) is 0 Å². The second-order valence-corrected chi connectivity index (χ2v) is 6.51. The van der Waals surface area contributed by atoms with E-state index in [4.69, 9.17) is 5.11 Å². The Kier molecular flexibility index (Phi) is 5.86. The molecular weight excluding hydrogens is 403 g/mol. The monoisotopic (exact) mass is 419 g/mol. The summed E-state index contributed by atoms with van der Waals surface area (Å²) in [6.45, 7) is -0.327. The second kappa shape index (κ2) is 8.36. The molecule has 156 valence electrons. The van der Waals surface area contributed by atoms with Crippen molar-refractivity contribution >= 4 is 28.5 Å². The highest BCUT2D eigenvalue weighted by Crippen LogP contribution is 2.32. The molecule has 7 nitrogen and oxygen atoms in total. The molecule has 1 heterocycles. The molecule has 30 heavy (non-hydrogen) atoms. The molecule has 0 aliphatic rings. The second-order valence-electron chi connectivity index (χ2n) is 6.51. The van der Waals surface area contributed by atoms with Crippen molar-refractivity contribution in [2.45, 2.75) is 25.6 Å². The molecule has 2 N–H and O–H groups in total. The van der Waals surface area contributed by atoms with E-state index >= 15 is 0 Å². The molecular formula is C20H16F3N3O4. The molecule has 1 amide bonds. The maximum absolute atomic E-state index is 13.2. The number of hydrogen-bond donors (Lipinski definition) is 2. The molecule has 2 aromatic carbocycles. The molecule has 0 radical (unpaired) electrons. The summed E-state index contributed by atoms with van der Waals surface area (Å²) >= 11 is 0. The number of carboxylic acids is 1. The van der Waals surface area contributed by atoms with Gasteiger partial charge in [0.2, 0.25) is 5.91 Å². The predicted molar refractivity (Wildman–Crippen MR) is 102 cm³/mol. The first-order chi connectivity index (χ1) is 14.1. The van der Waals surface area contributed by atoms with Gasteiger partial charge >= 0.3 is 12.1 Å². The van der Waals surface area contributed by atoms with Crippen LogP contribution in [0, 0.1) is 0 Å². The third kappa shape index (κ3) is 4.83. The van der Waals surface area contributed by atoms with E-state index in [9.17, 15) is 27.6 Å². The van der Waals surface area contributed by atoms with E-state index in [2.05, 4.69) is 10.3 Å². The molecule has 0 fully saturated rings. The Balaban J connectivity index is 1.92. The predicted octanol–water partition coefficient (Wildman–Crippen LogP) is 3.27. The highest BCUT2D eigenvalue weighted by molar-refractivity contribution is 5.94. The van der Waals surface area contributed by atoms with Crippen LogP contribution < -0.4 is 10.9 Å². The Morgan fingerprint density at radius 2 is 1.83 bits per heavy atom. The third-order valence-electron chi connectivity index (χ3n) is 4.34. The van der Waals surface area contributed by atoms with Gasteiger partial charge in [0.15, 0.2) is 0 Å². The summed E-state index contributed by atoms with van der Waals surface area (Å²) in [5.41, 5.74) is -0.921. The summed E-state index contributed by atoms with van der Waals surface area (Å²) in [6.07, 6.45) is -3.97. The lowest BCUT2D eigenvalue weighted by Crippen LogP contribution is -2.23. The van der Waals surface area contributed by atoms with E-state index in [0.717, 1.165) is 10.6 Å². The largest absolute Gasteiger partial charge is 0.481 e. The van der Waals surface area contributed by atoms with Gasteiger partial charge in [0.05, 0.1) is 35.8 Å². The standard InChI is InChI=1S/C20H16F3N3O4/c21-20(22,23)15-4-2-1-3-12(15)10-26-11-24-16-6-5-13(9-14(16)19(26)30)25-17(27)7-8-18(28)29/h1-6,9,11H,7-8,10H2,(H,25,27)(H,28,29). The van der Waals surface area contributed by atoms with Crippen LogP contribution in [0.15, 0.2) is 53.6 Å². The van der Waals surface area contributed by atoms with Crippen LogP contribution in [0.4, 0.5) is 18.9 Å². The minimum atomic E-state index is -4.56. The summed E-state index contributed by atoms with van der Waals surface area (Å²) in [7, 11) is 0. The number of aliphatic carboxylic acids is 1. The van der Waals surface area contributed by atoms with Crippen LogP contribution in [-0.2, 0) is 22.3 Å². The number of aromatic nitrogens is 2. The van der Waals surface area contributed by atoms with Gasteiger partial charge in [-0.25, -0.2) is 4.98 Å².